The van der Waals surface area contributed by atoms with Crippen molar-refractivity contribution in [3.05, 3.63) is 29.4 Å². The molecule has 5 heteroatoms. The molecule has 0 bridgehead atoms. The first-order chi connectivity index (χ1) is 8.20. The summed E-state index contributed by atoms with van der Waals surface area (Å²) in [4.78, 5) is 4.40. The summed E-state index contributed by atoms with van der Waals surface area (Å²) in [6.45, 7) is 7.80. The average molecular weight is 234 g/mol. The van der Waals surface area contributed by atoms with Crippen LogP contribution in [0, 0.1) is 13.8 Å². The van der Waals surface area contributed by atoms with Gasteiger partial charge in [-0.15, -0.1) is 0 Å². The van der Waals surface area contributed by atoms with E-state index in [1.807, 2.05) is 19.9 Å². The van der Waals surface area contributed by atoms with Gasteiger partial charge in [-0.25, -0.2) is 0 Å². The zero-order chi connectivity index (χ0) is 12.3. The van der Waals surface area contributed by atoms with Crippen molar-refractivity contribution in [2.75, 3.05) is 6.54 Å². The molecule has 0 unspecified atom stereocenters. The number of aromatic nitrogens is 3. The Bertz CT molecular complexity index is 486. The second kappa shape index (κ2) is 5.14. The number of hydrogen-bond donors (Lipinski definition) is 1. The molecule has 0 aromatic carbocycles. The minimum absolute atomic E-state index is 0.531. The van der Waals surface area contributed by atoms with Gasteiger partial charge in [-0.1, -0.05) is 6.92 Å². The van der Waals surface area contributed by atoms with Crippen LogP contribution < -0.4 is 5.32 Å². The molecule has 0 aliphatic heterocycles. The summed E-state index contributed by atoms with van der Waals surface area (Å²) in [6.07, 6.45) is 2.79. The average Bonchev–Trinajstić information content (AvgIpc) is 2.86. The summed E-state index contributed by atoms with van der Waals surface area (Å²) < 4.78 is 7.15. The van der Waals surface area contributed by atoms with Crippen LogP contribution in [0.2, 0.25) is 0 Å². The topological polar surface area (TPSA) is 55.9 Å². The number of oxazole rings is 1. The highest BCUT2D eigenvalue weighted by molar-refractivity contribution is 5.17. The molecule has 0 aliphatic carbocycles. The van der Waals surface area contributed by atoms with E-state index in [1.54, 1.807) is 10.9 Å². The second-order valence-electron chi connectivity index (χ2n) is 4.14. The molecule has 2 heterocycles. The van der Waals surface area contributed by atoms with Gasteiger partial charge in [0.15, 0.2) is 0 Å². The Morgan fingerprint density at radius 2 is 2.24 bits per heavy atom. The highest BCUT2D eigenvalue weighted by Gasteiger charge is 2.09. The third-order valence-electron chi connectivity index (χ3n) is 2.46. The summed E-state index contributed by atoms with van der Waals surface area (Å²) in [5.41, 5.74) is 2.89. The van der Waals surface area contributed by atoms with Crippen molar-refractivity contribution in [3.8, 4) is 6.01 Å². The number of nitrogens with one attached hydrogen (secondary N) is 1. The van der Waals surface area contributed by atoms with Gasteiger partial charge in [0.2, 0.25) is 0 Å². The van der Waals surface area contributed by atoms with Gasteiger partial charge in [0.25, 0.3) is 0 Å². The molecule has 92 valence electrons. The molecule has 2 rings (SSSR count). The molecule has 0 radical (unpaired) electrons. The third kappa shape index (κ3) is 2.74. The van der Waals surface area contributed by atoms with Crippen LogP contribution in [0.25, 0.3) is 6.01 Å². The Kier molecular flexibility index (Phi) is 3.58. The van der Waals surface area contributed by atoms with Crippen molar-refractivity contribution in [2.45, 2.75) is 33.7 Å². The Hall–Kier alpha value is -1.62. The van der Waals surface area contributed by atoms with Gasteiger partial charge in [-0.2, -0.15) is 14.8 Å². The highest BCUT2D eigenvalue weighted by atomic mass is 16.4. The lowest BCUT2D eigenvalue weighted by Crippen LogP contribution is -2.14. The SMILES string of the molecule is CCCNCc1coc(-n2nc(C)cc2C)n1. The van der Waals surface area contributed by atoms with E-state index in [9.17, 15) is 0 Å². The zero-order valence-electron chi connectivity index (χ0n) is 10.5. The van der Waals surface area contributed by atoms with Gasteiger partial charge in [0.1, 0.15) is 6.26 Å². The van der Waals surface area contributed by atoms with E-state index in [1.165, 1.54) is 0 Å². The molecule has 0 aliphatic rings. The summed E-state index contributed by atoms with van der Waals surface area (Å²) >= 11 is 0. The van der Waals surface area contributed by atoms with Gasteiger partial charge >= 0.3 is 6.01 Å². The fourth-order valence-electron chi connectivity index (χ4n) is 1.69. The molecule has 2 aromatic rings. The molecule has 0 fully saturated rings. The molecule has 17 heavy (non-hydrogen) atoms. The maximum Gasteiger partial charge on any atom is 0.323 e. The van der Waals surface area contributed by atoms with Crippen molar-refractivity contribution >= 4 is 0 Å². The molecule has 0 atom stereocenters. The molecule has 5 nitrogen and oxygen atoms in total. The van der Waals surface area contributed by atoms with Crippen LogP contribution in [0.3, 0.4) is 0 Å². The van der Waals surface area contributed by atoms with Crippen molar-refractivity contribution in [1.82, 2.24) is 20.1 Å². The Balaban J connectivity index is 2.10. The largest absolute Gasteiger partial charge is 0.430 e. The van der Waals surface area contributed by atoms with Gasteiger partial charge in [-0.3, -0.25) is 0 Å². The predicted octanol–water partition coefficient (Wildman–Crippen LogP) is 1.98. The minimum Gasteiger partial charge on any atom is -0.430 e. The van der Waals surface area contributed by atoms with Crippen LogP contribution in [-0.4, -0.2) is 21.3 Å². The van der Waals surface area contributed by atoms with E-state index in [-0.39, 0.29) is 0 Å². The summed E-state index contributed by atoms with van der Waals surface area (Å²) in [6, 6.07) is 2.53. The van der Waals surface area contributed by atoms with Crippen molar-refractivity contribution in [2.24, 2.45) is 0 Å². The third-order valence-corrected chi connectivity index (χ3v) is 2.46. The first-order valence-corrected chi connectivity index (χ1v) is 5.89. The van der Waals surface area contributed by atoms with E-state index >= 15 is 0 Å². The van der Waals surface area contributed by atoms with Crippen LogP contribution in [0.15, 0.2) is 16.7 Å². The predicted molar refractivity (Wildman–Crippen MR) is 65.1 cm³/mol. The Morgan fingerprint density at radius 3 is 2.88 bits per heavy atom. The van der Waals surface area contributed by atoms with E-state index in [2.05, 4.69) is 22.3 Å². The van der Waals surface area contributed by atoms with Gasteiger partial charge < -0.3 is 9.73 Å². The van der Waals surface area contributed by atoms with Crippen LogP contribution in [0.4, 0.5) is 0 Å². The van der Waals surface area contributed by atoms with Crippen LogP contribution in [0.5, 0.6) is 0 Å². The lowest BCUT2D eigenvalue weighted by molar-refractivity contribution is 0.504. The first-order valence-electron chi connectivity index (χ1n) is 5.89. The van der Waals surface area contributed by atoms with Crippen molar-refractivity contribution in [3.63, 3.8) is 0 Å². The number of nitrogens with zero attached hydrogens (tertiary/aromatic N) is 3. The molecule has 1 N–H and O–H groups in total. The zero-order valence-corrected chi connectivity index (χ0v) is 10.5. The second-order valence-corrected chi connectivity index (χ2v) is 4.14. The summed E-state index contributed by atoms with van der Waals surface area (Å²) in [5.74, 6) is 0. The first kappa shape index (κ1) is 11.9. The number of rotatable bonds is 5. The van der Waals surface area contributed by atoms with E-state index in [0.717, 1.165) is 36.6 Å². The number of hydrogen-bond acceptors (Lipinski definition) is 4. The molecule has 0 saturated carbocycles. The van der Waals surface area contributed by atoms with E-state index < -0.39 is 0 Å². The lowest BCUT2D eigenvalue weighted by Gasteiger charge is -1.98. The van der Waals surface area contributed by atoms with Crippen LogP contribution >= 0.6 is 0 Å². The fourth-order valence-corrected chi connectivity index (χ4v) is 1.69. The van der Waals surface area contributed by atoms with Gasteiger partial charge in [-0.05, 0) is 32.9 Å². The maximum absolute atomic E-state index is 5.42. The lowest BCUT2D eigenvalue weighted by atomic mass is 10.4. The van der Waals surface area contributed by atoms with Crippen LogP contribution in [-0.2, 0) is 6.54 Å². The quantitative estimate of drug-likeness (QED) is 0.804. The monoisotopic (exact) mass is 234 g/mol. The number of aryl methyl sites for hydroxylation is 2. The molecular formula is C12H18N4O. The smallest absolute Gasteiger partial charge is 0.323 e. The normalized spacial score (nSPS) is 11.0. The van der Waals surface area contributed by atoms with Gasteiger partial charge in [0.05, 0.1) is 11.4 Å². The van der Waals surface area contributed by atoms with Crippen molar-refractivity contribution < 1.29 is 4.42 Å². The van der Waals surface area contributed by atoms with E-state index in [0.29, 0.717) is 6.01 Å². The Labute approximate surface area is 101 Å². The summed E-state index contributed by atoms with van der Waals surface area (Å²) in [7, 11) is 0. The standard InChI is InChI=1S/C12H18N4O/c1-4-5-13-7-11-8-17-12(14-11)16-10(3)6-9(2)15-16/h6,8,13H,4-5,7H2,1-3H3. The molecule has 0 saturated heterocycles. The van der Waals surface area contributed by atoms with Crippen molar-refractivity contribution in [1.29, 1.82) is 0 Å². The fraction of sp³-hybridized carbons (Fsp3) is 0.500. The van der Waals surface area contributed by atoms with E-state index in [4.69, 9.17) is 4.42 Å². The Morgan fingerprint density at radius 1 is 1.41 bits per heavy atom. The maximum atomic E-state index is 5.42. The van der Waals surface area contributed by atoms with Crippen LogP contribution in [0.1, 0.15) is 30.4 Å². The molecule has 0 spiro atoms. The molecule has 2 aromatic heterocycles. The summed E-state index contributed by atoms with van der Waals surface area (Å²) in [5, 5.41) is 7.61. The van der Waals surface area contributed by atoms with Gasteiger partial charge in [0, 0.05) is 12.2 Å². The highest BCUT2D eigenvalue weighted by Crippen LogP contribution is 2.11. The minimum atomic E-state index is 0.531. The molecular weight excluding hydrogens is 216 g/mol. The molecule has 0 amide bonds.